The van der Waals surface area contributed by atoms with E-state index in [0.29, 0.717) is 12.2 Å². The summed E-state index contributed by atoms with van der Waals surface area (Å²) >= 11 is 2.39. The molecule has 0 spiro atoms. The van der Waals surface area contributed by atoms with Gasteiger partial charge in [0.1, 0.15) is 10.3 Å². The quantitative estimate of drug-likeness (QED) is 0.687. The second kappa shape index (κ2) is 7.78. The van der Waals surface area contributed by atoms with Gasteiger partial charge < -0.3 is 10.1 Å². The number of nitrogens with two attached hydrogens (primary N) is 1. The van der Waals surface area contributed by atoms with Gasteiger partial charge in [-0.3, -0.25) is 4.79 Å². The Balaban J connectivity index is 2.82. The zero-order chi connectivity index (χ0) is 16.0. The molecular weight excluding hydrogens is 336 g/mol. The number of methoxy groups -OCH3 is 1. The Morgan fingerprint density at radius 3 is 2.67 bits per heavy atom. The van der Waals surface area contributed by atoms with Crippen molar-refractivity contribution in [3.8, 4) is 0 Å². The van der Waals surface area contributed by atoms with Gasteiger partial charge in [0, 0.05) is 5.38 Å². The molecule has 118 valence electrons. The van der Waals surface area contributed by atoms with Crippen LogP contribution in [0.3, 0.4) is 0 Å². The molecule has 0 aliphatic carbocycles. The molecule has 1 rings (SSSR count). The number of hydrogen-bond donors (Lipinski definition) is 2. The molecule has 0 saturated heterocycles. The van der Waals surface area contributed by atoms with E-state index in [9.17, 15) is 18.0 Å². The number of hydrogen-bond acceptors (Lipinski definition) is 7. The lowest BCUT2D eigenvalue weighted by molar-refractivity contribution is -0.142. The lowest BCUT2D eigenvalue weighted by Gasteiger charge is -2.15. The molecule has 0 aromatic carbocycles. The van der Waals surface area contributed by atoms with Crippen molar-refractivity contribution in [2.75, 3.05) is 19.1 Å². The predicted octanol–water partition coefficient (Wildman–Crippen LogP) is 0.420. The monoisotopic (exact) mass is 352 g/mol. The molecule has 0 saturated carbocycles. The predicted molar refractivity (Wildman–Crippen MR) is 82.0 cm³/mol. The number of amides is 1. The SMILES string of the molecule is COC(=O)[C@H](CCSC)NC(=O)c1csc(S(N)(=O)=O)c1. The Kier molecular flexibility index (Phi) is 6.65. The van der Waals surface area contributed by atoms with Crippen LogP contribution >= 0.6 is 23.1 Å². The van der Waals surface area contributed by atoms with Gasteiger partial charge in [0.15, 0.2) is 0 Å². The van der Waals surface area contributed by atoms with E-state index in [4.69, 9.17) is 5.14 Å². The zero-order valence-electron chi connectivity index (χ0n) is 11.5. The van der Waals surface area contributed by atoms with E-state index in [1.165, 1.54) is 30.3 Å². The summed E-state index contributed by atoms with van der Waals surface area (Å²) in [7, 11) is -2.60. The van der Waals surface area contributed by atoms with Gasteiger partial charge >= 0.3 is 5.97 Å². The number of primary sulfonamides is 1. The maximum atomic E-state index is 12.0. The van der Waals surface area contributed by atoms with Crippen LogP contribution in [0.1, 0.15) is 16.8 Å². The summed E-state index contributed by atoms with van der Waals surface area (Å²) in [6, 6.07) is 0.408. The van der Waals surface area contributed by atoms with Crippen LogP contribution in [0.15, 0.2) is 15.7 Å². The van der Waals surface area contributed by atoms with Gasteiger partial charge in [-0.15, -0.1) is 11.3 Å². The van der Waals surface area contributed by atoms with Gasteiger partial charge in [-0.2, -0.15) is 11.8 Å². The molecule has 1 heterocycles. The van der Waals surface area contributed by atoms with E-state index in [1.807, 2.05) is 6.26 Å². The van der Waals surface area contributed by atoms with Crippen molar-refractivity contribution in [2.45, 2.75) is 16.7 Å². The molecular formula is C11H16N2O5S3. The van der Waals surface area contributed by atoms with Crippen LogP contribution in [0.4, 0.5) is 0 Å². The maximum Gasteiger partial charge on any atom is 0.328 e. The molecule has 21 heavy (non-hydrogen) atoms. The van der Waals surface area contributed by atoms with Crippen molar-refractivity contribution in [2.24, 2.45) is 5.14 Å². The van der Waals surface area contributed by atoms with Crippen molar-refractivity contribution in [1.82, 2.24) is 5.32 Å². The molecule has 0 radical (unpaired) electrons. The number of sulfonamides is 1. The summed E-state index contributed by atoms with van der Waals surface area (Å²) in [6.45, 7) is 0. The number of carbonyl (C=O) groups excluding carboxylic acids is 2. The highest BCUT2D eigenvalue weighted by Gasteiger charge is 2.23. The van der Waals surface area contributed by atoms with E-state index in [0.717, 1.165) is 11.3 Å². The van der Waals surface area contributed by atoms with Crippen molar-refractivity contribution in [1.29, 1.82) is 0 Å². The number of thioether (sulfide) groups is 1. The average molecular weight is 352 g/mol. The molecule has 10 heteroatoms. The third kappa shape index (κ3) is 5.30. The average Bonchev–Trinajstić information content (AvgIpc) is 2.92. The molecule has 7 nitrogen and oxygen atoms in total. The Labute approximate surface area is 131 Å². The number of rotatable bonds is 7. The van der Waals surface area contributed by atoms with Gasteiger partial charge in [0.25, 0.3) is 5.91 Å². The molecule has 0 bridgehead atoms. The summed E-state index contributed by atoms with van der Waals surface area (Å²) in [5, 5.41) is 8.88. The normalized spacial score (nSPS) is 12.7. The van der Waals surface area contributed by atoms with Crippen LogP contribution < -0.4 is 10.5 Å². The van der Waals surface area contributed by atoms with Crippen LogP contribution in [-0.2, 0) is 19.6 Å². The van der Waals surface area contributed by atoms with Crippen LogP contribution in [0.2, 0.25) is 0 Å². The van der Waals surface area contributed by atoms with Gasteiger partial charge in [0.05, 0.1) is 12.7 Å². The van der Waals surface area contributed by atoms with Gasteiger partial charge in [-0.1, -0.05) is 0 Å². The van der Waals surface area contributed by atoms with Crippen molar-refractivity contribution >= 4 is 45.0 Å². The first kappa shape index (κ1) is 18.0. The highest BCUT2D eigenvalue weighted by molar-refractivity contribution is 7.98. The third-order valence-electron chi connectivity index (χ3n) is 2.52. The summed E-state index contributed by atoms with van der Waals surface area (Å²) in [6.07, 6.45) is 2.30. The van der Waals surface area contributed by atoms with Crippen LogP contribution in [0.5, 0.6) is 0 Å². The minimum Gasteiger partial charge on any atom is -0.467 e. The lowest BCUT2D eigenvalue weighted by Crippen LogP contribution is -2.41. The fraction of sp³-hybridized carbons (Fsp3) is 0.455. The van der Waals surface area contributed by atoms with Gasteiger partial charge in [-0.05, 0) is 24.5 Å². The molecule has 0 unspecified atom stereocenters. The Morgan fingerprint density at radius 1 is 1.52 bits per heavy atom. The molecule has 1 atom stereocenters. The number of esters is 1. The van der Waals surface area contributed by atoms with Gasteiger partial charge in [0.2, 0.25) is 10.0 Å². The van der Waals surface area contributed by atoms with Crippen LogP contribution in [-0.4, -0.2) is 45.5 Å². The summed E-state index contributed by atoms with van der Waals surface area (Å²) in [5.41, 5.74) is 0.141. The second-order valence-corrected chi connectivity index (χ2v) is 7.72. The fourth-order valence-corrected chi connectivity index (χ4v) is 3.51. The smallest absolute Gasteiger partial charge is 0.328 e. The first-order valence-corrected chi connectivity index (χ1v) is 9.60. The Hall–Kier alpha value is -1.10. The third-order valence-corrected chi connectivity index (χ3v) is 5.55. The van der Waals surface area contributed by atoms with Gasteiger partial charge in [-0.25, -0.2) is 18.4 Å². The zero-order valence-corrected chi connectivity index (χ0v) is 13.9. The number of carbonyl (C=O) groups is 2. The summed E-state index contributed by atoms with van der Waals surface area (Å²) < 4.78 is 26.9. The molecule has 1 amide bonds. The standard InChI is InChI=1S/C11H16N2O5S3/c1-18-11(15)8(3-4-19-2)13-10(14)7-5-9(20-6-7)21(12,16)17/h5-6,8H,3-4H2,1-2H3,(H,13,14)(H2,12,16,17)/t8-/m0/s1. The lowest BCUT2D eigenvalue weighted by atomic mass is 10.2. The Morgan fingerprint density at radius 2 is 2.19 bits per heavy atom. The maximum absolute atomic E-state index is 12.0. The van der Waals surface area contributed by atoms with Crippen molar-refractivity contribution < 1.29 is 22.7 Å². The Bertz CT molecular complexity index is 611. The van der Waals surface area contributed by atoms with E-state index in [2.05, 4.69) is 10.1 Å². The second-order valence-electron chi connectivity index (χ2n) is 4.03. The first-order valence-electron chi connectivity index (χ1n) is 5.78. The molecule has 0 aliphatic rings. The first-order chi connectivity index (χ1) is 9.79. The van der Waals surface area contributed by atoms with Crippen LogP contribution in [0, 0.1) is 0 Å². The minimum absolute atomic E-state index is 0.105. The molecule has 1 aromatic heterocycles. The number of nitrogens with one attached hydrogen (secondary N) is 1. The molecule has 0 aliphatic heterocycles. The minimum atomic E-state index is -3.84. The van der Waals surface area contributed by atoms with E-state index in [-0.39, 0.29) is 9.77 Å². The molecule has 0 fully saturated rings. The van der Waals surface area contributed by atoms with Crippen LogP contribution in [0.25, 0.3) is 0 Å². The van der Waals surface area contributed by atoms with Crippen molar-refractivity contribution in [3.63, 3.8) is 0 Å². The summed E-state index contributed by atoms with van der Waals surface area (Å²) in [5.74, 6) is -0.413. The largest absolute Gasteiger partial charge is 0.467 e. The number of ether oxygens (including phenoxy) is 1. The highest BCUT2D eigenvalue weighted by atomic mass is 32.2. The highest BCUT2D eigenvalue weighted by Crippen LogP contribution is 2.19. The summed E-state index contributed by atoms with van der Waals surface area (Å²) in [4.78, 5) is 23.6. The van der Waals surface area contributed by atoms with E-state index in [1.54, 1.807) is 0 Å². The molecule has 1 aromatic rings. The topological polar surface area (TPSA) is 116 Å². The van der Waals surface area contributed by atoms with E-state index >= 15 is 0 Å². The molecule has 3 N–H and O–H groups in total. The fourth-order valence-electron chi connectivity index (χ4n) is 1.45. The number of thiophene rings is 1. The van der Waals surface area contributed by atoms with E-state index < -0.39 is 27.9 Å². The van der Waals surface area contributed by atoms with Crippen molar-refractivity contribution in [3.05, 3.63) is 17.0 Å².